The maximum atomic E-state index is 4.20. The van der Waals surface area contributed by atoms with E-state index < -0.39 is 0 Å². The first-order valence-corrected chi connectivity index (χ1v) is 3.86. The molecule has 0 aromatic carbocycles. The largest absolute Gasteiger partial charge is 0.345 e. The molecule has 0 radical (unpaired) electrons. The van der Waals surface area contributed by atoms with Crippen molar-refractivity contribution in [2.75, 3.05) is 0 Å². The Hall–Kier alpha value is -1.58. The topological polar surface area (TPSA) is 42.2 Å². The van der Waals surface area contributed by atoms with Gasteiger partial charge in [0.2, 0.25) is 0 Å². The summed E-state index contributed by atoms with van der Waals surface area (Å²) in [6.07, 6.45) is 3.42. The van der Waals surface area contributed by atoms with Gasteiger partial charge >= 0.3 is 0 Å². The molecule has 0 amide bonds. The van der Waals surface area contributed by atoms with E-state index in [9.17, 15) is 0 Å². The molecule has 0 fully saturated rings. The fraction of sp³-hybridized carbons (Fsp3) is 0.250. The molecule has 0 bridgehead atoms. The van der Waals surface area contributed by atoms with Crippen LogP contribution in [0.2, 0.25) is 0 Å². The van der Waals surface area contributed by atoms with Crippen molar-refractivity contribution in [1.29, 1.82) is 0 Å². The number of rotatable bonds is 1. The summed E-state index contributed by atoms with van der Waals surface area (Å²) >= 11 is 0. The van der Waals surface area contributed by atoms with Crippen LogP contribution in [0.25, 0.3) is 5.70 Å². The second-order valence-electron chi connectivity index (χ2n) is 2.58. The Morgan fingerprint density at radius 2 is 2.50 bits per heavy atom. The molecule has 0 saturated heterocycles. The van der Waals surface area contributed by atoms with Crippen molar-refractivity contribution in [2.45, 2.75) is 13.5 Å². The van der Waals surface area contributed by atoms with Gasteiger partial charge in [-0.05, 0) is 6.92 Å². The fourth-order valence-corrected chi connectivity index (χ4v) is 1.20. The lowest BCUT2D eigenvalue weighted by atomic mass is 10.3. The highest BCUT2D eigenvalue weighted by Crippen LogP contribution is 2.24. The summed E-state index contributed by atoms with van der Waals surface area (Å²) in [6.45, 7) is 6.76. The summed E-state index contributed by atoms with van der Waals surface area (Å²) in [4.78, 5) is 8.37. The van der Waals surface area contributed by atoms with Crippen LogP contribution < -0.4 is 5.32 Å². The first-order valence-electron chi connectivity index (χ1n) is 3.86. The van der Waals surface area contributed by atoms with Crippen molar-refractivity contribution in [1.82, 2.24) is 14.9 Å². The Balaban J connectivity index is 2.57. The van der Waals surface area contributed by atoms with Gasteiger partial charge in [0.05, 0.1) is 18.4 Å². The number of hydrogen-bond acceptors (Lipinski definition) is 3. The normalized spacial score (nSPS) is 14.2. The van der Waals surface area contributed by atoms with Gasteiger partial charge in [0.25, 0.3) is 0 Å². The minimum Gasteiger partial charge on any atom is -0.345 e. The molecule has 2 rings (SSSR count). The molecule has 2 heterocycles. The Morgan fingerprint density at radius 3 is 3.25 bits per heavy atom. The number of nitrogens with zero attached hydrogens (tertiary/aromatic N) is 3. The maximum Gasteiger partial charge on any atom is 0.163 e. The highest BCUT2D eigenvalue weighted by Gasteiger charge is 2.14. The molecule has 4 nitrogen and oxygen atoms in total. The first-order chi connectivity index (χ1) is 5.83. The van der Waals surface area contributed by atoms with Crippen molar-refractivity contribution >= 4 is 17.9 Å². The molecule has 4 heteroatoms. The van der Waals surface area contributed by atoms with Crippen LogP contribution in [-0.4, -0.2) is 15.9 Å². The van der Waals surface area contributed by atoms with Crippen molar-refractivity contribution in [2.24, 2.45) is 4.99 Å². The Kier molecular flexibility index (Phi) is 1.46. The van der Waals surface area contributed by atoms with Gasteiger partial charge < -0.3 is 9.88 Å². The molecule has 0 aliphatic carbocycles. The second-order valence-corrected chi connectivity index (χ2v) is 2.58. The Labute approximate surface area is 70.6 Å². The van der Waals surface area contributed by atoms with Gasteiger partial charge in [0.15, 0.2) is 5.82 Å². The molecule has 1 N–H and O–H groups in total. The minimum atomic E-state index is 0.812. The summed E-state index contributed by atoms with van der Waals surface area (Å²) in [5.41, 5.74) is 1.66. The lowest BCUT2D eigenvalue weighted by Gasteiger charge is -2.09. The predicted molar refractivity (Wildman–Crippen MR) is 48.2 cm³/mol. The predicted octanol–water partition coefficient (Wildman–Crippen LogP) is 1.14. The van der Waals surface area contributed by atoms with Crippen LogP contribution in [0.1, 0.15) is 12.6 Å². The summed E-state index contributed by atoms with van der Waals surface area (Å²) in [7, 11) is 0. The van der Waals surface area contributed by atoms with E-state index in [1.165, 1.54) is 0 Å². The van der Waals surface area contributed by atoms with Gasteiger partial charge in [-0.2, -0.15) is 0 Å². The number of aliphatic imine (C=N–C) groups is 1. The SMILES string of the molecule is C=C1NC=Nc2c1ncn2CC. The summed E-state index contributed by atoms with van der Waals surface area (Å²) in [5.74, 6) is 0.890. The lowest BCUT2D eigenvalue weighted by molar-refractivity contribution is 0.763. The number of aromatic nitrogens is 2. The molecule has 0 unspecified atom stereocenters. The van der Waals surface area contributed by atoms with E-state index in [-0.39, 0.29) is 0 Å². The van der Waals surface area contributed by atoms with E-state index >= 15 is 0 Å². The van der Waals surface area contributed by atoms with E-state index in [0.717, 1.165) is 23.8 Å². The molecule has 0 spiro atoms. The van der Waals surface area contributed by atoms with E-state index in [2.05, 4.69) is 28.8 Å². The van der Waals surface area contributed by atoms with E-state index in [1.54, 1.807) is 12.7 Å². The number of imidazole rings is 1. The molecule has 1 aliphatic rings. The van der Waals surface area contributed by atoms with Gasteiger partial charge in [0, 0.05) is 6.54 Å². The highest BCUT2D eigenvalue weighted by molar-refractivity contribution is 5.83. The average Bonchev–Trinajstić information content (AvgIpc) is 2.49. The number of aryl methyl sites for hydroxylation is 1. The molecular formula is C8H10N4. The zero-order valence-corrected chi connectivity index (χ0v) is 6.91. The third kappa shape index (κ3) is 0.845. The van der Waals surface area contributed by atoms with E-state index in [4.69, 9.17) is 0 Å². The minimum absolute atomic E-state index is 0.812. The highest BCUT2D eigenvalue weighted by atomic mass is 15.2. The van der Waals surface area contributed by atoms with Crippen molar-refractivity contribution in [3.63, 3.8) is 0 Å². The lowest BCUT2D eigenvalue weighted by Crippen LogP contribution is -2.12. The second kappa shape index (κ2) is 2.48. The molecule has 1 aromatic heterocycles. The molecule has 62 valence electrons. The number of nitrogens with one attached hydrogen (secondary N) is 1. The van der Waals surface area contributed by atoms with E-state index in [0.29, 0.717) is 0 Å². The molecule has 1 aromatic rings. The van der Waals surface area contributed by atoms with Gasteiger partial charge in [-0.25, -0.2) is 9.98 Å². The molecule has 0 atom stereocenters. The molecule has 1 aliphatic heterocycles. The summed E-state index contributed by atoms with van der Waals surface area (Å²) in [5, 5.41) is 2.91. The standard InChI is InChI=1S/C8H10N4/c1-3-12-5-11-7-6(2)9-4-10-8(7)12/h4-5H,2-3H2,1H3,(H,9,10). The van der Waals surface area contributed by atoms with Gasteiger partial charge in [-0.1, -0.05) is 6.58 Å². The molecule has 0 saturated carbocycles. The van der Waals surface area contributed by atoms with Crippen LogP contribution in [0.3, 0.4) is 0 Å². The zero-order chi connectivity index (χ0) is 8.55. The summed E-state index contributed by atoms with van der Waals surface area (Å²) < 4.78 is 1.98. The van der Waals surface area contributed by atoms with Crippen molar-refractivity contribution in [3.05, 3.63) is 18.6 Å². The van der Waals surface area contributed by atoms with E-state index in [1.807, 2.05) is 4.57 Å². The van der Waals surface area contributed by atoms with Crippen LogP contribution in [0.5, 0.6) is 0 Å². The van der Waals surface area contributed by atoms with Crippen molar-refractivity contribution < 1.29 is 0 Å². The zero-order valence-electron chi connectivity index (χ0n) is 6.91. The molecular weight excluding hydrogens is 152 g/mol. The Bertz CT molecular complexity index is 348. The van der Waals surface area contributed by atoms with Crippen LogP contribution >= 0.6 is 0 Å². The smallest absolute Gasteiger partial charge is 0.163 e. The third-order valence-corrected chi connectivity index (χ3v) is 1.86. The maximum absolute atomic E-state index is 4.20. The summed E-state index contributed by atoms with van der Waals surface area (Å²) in [6, 6.07) is 0. The monoisotopic (exact) mass is 162 g/mol. The van der Waals surface area contributed by atoms with Gasteiger partial charge in [-0.3, -0.25) is 0 Å². The average molecular weight is 162 g/mol. The van der Waals surface area contributed by atoms with Crippen LogP contribution in [-0.2, 0) is 6.54 Å². The first kappa shape index (κ1) is 7.09. The quantitative estimate of drug-likeness (QED) is 0.672. The van der Waals surface area contributed by atoms with Crippen LogP contribution in [0.4, 0.5) is 5.82 Å². The van der Waals surface area contributed by atoms with Gasteiger partial charge in [-0.15, -0.1) is 0 Å². The fourth-order valence-electron chi connectivity index (χ4n) is 1.20. The number of hydrogen-bond donors (Lipinski definition) is 1. The third-order valence-electron chi connectivity index (χ3n) is 1.86. The molecule has 12 heavy (non-hydrogen) atoms. The van der Waals surface area contributed by atoms with Crippen molar-refractivity contribution in [3.8, 4) is 0 Å². The van der Waals surface area contributed by atoms with Gasteiger partial charge in [0.1, 0.15) is 5.69 Å². The van der Waals surface area contributed by atoms with Crippen LogP contribution in [0, 0.1) is 0 Å². The Morgan fingerprint density at radius 1 is 1.67 bits per heavy atom. The van der Waals surface area contributed by atoms with Crippen LogP contribution in [0.15, 0.2) is 17.9 Å². The number of fused-ring (bicyclic) bond motifs is 1.